The number of esters is 3. The SMILES string of the molecule is O=C(c1ccc2c(c1)COC2=O)c1ccc2c(c1)C(=O)OC2=O. The lowest BCUT2D eigenvalue weighted by Crippen LogP contribution is -2.05. The first-order valence-corrected chi connectivity index (χ1v) is 6.80. The number of rotatable bonds is 2. The summed E-state index contributed by atoms with van der Waals surface area (Å²) in [5.41, 5.74) is 1.97. The fourth-order valence-corrected chi connectivity index (χ4v) is 2.67. The number of carbonyl (C=O) groups excluding carboxylic acids is 4. The second-order valence-corrected chi connectivity index (χ2v) is 5.21. The standard InChI is InChI=1S/C17H8O6/c18-14(8-1-3-11-10(5-8)7-22-15(11)19)9-2-4-12-13(6-9)17(21)23-16(12)20/h1-6H,7H2. The predicted octanol–water partition coefficient (Wildman–Crippen LogP) is 1.90. The molecule has 0 amide bonds. The summed E-state index contributed by atoms with van der Waals surface area (Å²) in [6.45, 7) is 0.139. The minimum absolute atomic E-state index is 0.0838. The van der Waals surface area contributed by atoms with E-state index in [-0.39, 0.29) is 29.1 Å². The number of benzene rings is 2. The van der Waals surface area contributed by atoms with Crippen LogP contribution in [0.2, 0.25) is 0 Å². The Labute approximate surface area is 129 Å². The van der Waals surface area contributed by atoms with Crippen LogP contribution in [0.15, 0.2) is 36.4 Å². The van der Waals surface area contributed by atoms with Crippen LogP contribution in [0.5, 0.6) is 0 Å². The minimum Gasteiger partial charge on any atom is -0.457 e. The van der Waals surface area contributed by atoms with Crippen molar-refractivity contribution < 1.29 is 28.7 Å². The van der Waals surface area contributed by atoms with E-state index in [1.807, 2.05) is 0 Å². The van der Waals surface area contributed by atoms with E-state index in [0.717, 1.165) is 0 Å². The first kappa shape index (κ1) is 13.4. The summed E-state index contributed by atoms with van der Waals surface area (Å²) in [6, 6.07) is 8.89. The topological polar surface area (TPSA) is 86.7 Å². The van der Waals surface area contributed by atoms with Gasteiger partial charge in [-0.1, -0.05) is 12.1 Å². The minimum atomic E-state index is -0.757. The molecule has 2 aromatic carbocycles. The van der Waals surface area contributed by atoms with Crippen LogP contribution < -0.4 is 0 Å². The number of hydrogen-bond acceptors (Lipinski definition) is 6. The van der Waals surface area contributed by atoms with Gasteiger partial charge in [-0.15, -0.1) is 0 Å². The summed E-state index contributed by atoms with van der Waals surface area (Å²) in [5.74, 6) is -2.19. The van der Waals surface area contributed by atoms with E-state index < -0.39 is 17.9 Å². The van der Waals surface area contributed by atoms with E-state index in [1.54, 1.807) is 12.1 Å². The van der Waals surface area contributed by atoms with Gasteiger partial charge >= 0.3 is 17.9 Å². The average Bonchev–Trinajstić information content (AvgIpc) is 3.07. The maximum atomic E-state index is 12.6. The zero-order chi connectivity index (χ0) is 16.1. The van der Waals surface area contributed by atoms with Gasteiger partial charge in [-0.25, -0.2) is 14.4 Å². The van der Waals surface area contributed by atoms with Crippen molar-refractivity contribution in [2.45, 2.75) is 6.61 Å². The van der Waals surface area contributed by atoms with E-state index in [9.17, 15) is 19.2 Å². The Morgan fingerprint density at radius 2 is 1.43 bits per heavy atom. The fraction of sp³-hybridized carbons (Fsp3) is 0.0588. The molecule has 0 N–H and O–H groups in total. The molecule has 0 atom stereocenters. The van der Waals surface area contributed by atoms with E-state index >= 15 is 0 Å². The van der Waals surface area contributed by atoms with Crippen LogP contribution in [0.3, 0.4) is 0 Å². The zero-order valence-corrected chi connectivity index (χ0v) is 11.6. The molecule has 6 nitrogen and oxygen atoms in total. The molecule has 2 aliphatic heterocycles. The molecule has 0 radical (unpaired) electrons. The van der Waals surface area contributed by atoms with Gasteiger partial charge in [-0.05, 0) is 24.3 Å². The first-order chi connectivity index (χ1) is 11.0. The van der Waals surface area contributed by atoms with Crippen molar-refractivity contribution in [3.05, 3.63) is 69.8 Å². The van der Waals surface area contributed by atoms with Gasteiger partial charge in [0.2, 0.25) is 0 Å². The van der Waals surface area contributed by atoms with Crippen molar-refractivity contribution in [2.24, 2.45) is 0 Å². The highest BCUT2D eigenvalue weighted by atomic mass is 16.6. The van der Waals surface area contributed by atoms with Gasteiger partial charge < -0.3 is 9.47 Å². The number of cyclic esters (lactones) is 3. The predicted molar refractivity (Wildman–Crippen MR) is 75.2 cm³/mol. The number of carbonyl (C=O) groups is 4. The molecule has 0 fully saturated rings. The average molecular weight is 308 g/mol. The first-order valence-electron chi connectivity index (χ1n) is 6.80. The van der Waals surface area contributed by atoms with Crippen LogP contribution in [0.4, 0.5) is 0 Å². The summed E-state index contributed by atoms with van der Waals surface area (Å²) in [4.78, 5) is 47.0. The lowest BCUT2D eigenvalue weighted by atomic mass is 9.97. The molecule has 0 bridgehead atoms. The molecule has 2 heterocycles. The molecule has 0 aromatic heterocycles. The Morgan fingerprint density at radius 3 is 2.22 bits per heavy atom. The highest BCUT2D eigenvalue weighted by Gasteiger charge is 2.30. The molecule has 0 unspecified atom stereocenters. The number of hydrogen-bond donors (Lipinski definition) is 0. The maximum Gasteiger partial charge on any atom is 0.346 e. The third kappa shape index (κ3) is 1.96. The number of ether oxygens (including phenoxy) is 2. The van der Waals surface area contributed by atoms with Crippen molar-refractivity contribution in [3.63, 3.8) is 0 Å². The van der Waals surface area contributed by atoms with E-state index in [1.165, 1.54) is 24.3 Å². The van der Waals surface area contributed by atoms with Crippen LogP contribution in [0, 0.1) is 0 Å². The summed E-state index contributed by atoms with van der Waals surface area (Å²) >= 11 is 0. The van der Waals surface area contributed by atoms with Gasteiger partial charge in [-0.2, -0.15) is 0 Å². The Balaban J connectivity index is 1.73. The normalized spacial score (nSPS) is 15.0. The summed E-state index contributed by atoms with van der Waals surface area (Å²) in [5, 5.41) is 0. The molecule has 0 saturated carbocycles. The zero-order valence-electron chi connectivity index (χ0n) is 11.6. The van der Waals surface area contributed by atoms with Crippen LogP contribution in [0.1, 0.15) is 52.6 Å². The quantitative estimate of drug-likeness (QED) is 0.478. The molecule has 112 valence electrons. The Bertz CT molecular complexity index is 925. The second-order valence-electron chi connectivity index (χ2n) is 5.21. The van der Waals surface area contributed by atoms with Gasteiger partial charge in [0.1, 0.15) is 6.61 Å². The fourth-order valence-electron chi connectivity index (χ4n) is 2.67. The van der Waals surface area contributed by atoms with Crippen LogP contribution >= 0.6 is 0 Å². The van der Waals surface area contributed by atoms with E-state index in [0.29, 0.717) is 16.7 Å². The molecule has 0 aliphatic carbocycles. The van der Waals surface area contributed by atoms with Gasteiger partial charge in [0, 0.05) is 16.7 Å². The molecule has 0 saturated heterocycles. The van der Waals surface area contributed by atoms with E-state index in [4.69, 9.17) is 4.74 Å². The molecular weight excluding hydrogens is 300 g/mol. The lowest BCUT2D eigenvalue weighted by molar-refractivity contribution is 0.0442. The van der Waals surface area contributed by atoms with Gasteiger partial charge in [0.25, 0.3) is 0 Å². The molecule has 0 spiro atoms. The smallest absolute Gasteiger partial charge is 0.346 e. The van der Waals surface area contributed by atoms with Crippen LogP contribution in [-0.2, 0) is 16.1 Å². The van der Waals surface area contributed by atoms with Crippen molar-refractivity contribution in [1.82, 2.24) is 0 Å². The van der Waals surface area contributed by atoms with E-state index in [2.05, 4.69) is 4.74 Å². The Kier molecular flexibility index (Phi) is 2.68. The highest BCUT2D eigenvalue weighted by Crippen LogP contribution is 2.25. The van der Waals surface area contributed by atoms with Crippen LogP contribution in [-0.4, -0.2) is 23.7 Å². The van der Waals surface area contributed by atoms with Gasteiger partial charge in [0.15, 0.2) is 5.78 Å². The third-order valence-corrected chi connectivity index (χ3v) is 3.85. The van der Waals surface area contributed by atoms with Crippen LogP contribution in [0.25, 0.3) is 0 Å². The molecular formula is C17H8O6. The summed E-state index contributed by atoms with van der Waals surface area (Å²) in [7, 11) is 0. The maximum absolute atomic E-state index is 12.6. The Hall–Kier alpha value is -3.28. The molecule has 4 rings (SSSR count). The second kappa shape index (κ2) is 4.61. The summed E-state index contributed by atoms with van der Waals surface area (Å²) < 4.78 is 9.40. The summed E-state index contributed by atoms with van der Waals surface area (Å²) in [6.07, 6.45) is 0. The molecule has 23 heavy (non-hydrogen) atoms. The molecule has 2 aliphatic rings. The van der Waals surface area contributed by atoms with Gasteiger partial charge in [-0.3, -0.25) is 4.79 Å². The number of ketones is 1. The lowest BCUT2D eigenvalue weighted by Gasteiger charge is -2.04. The van der Waals surface area contributed by atoms with Crippen molar-refractivity contribution in [3.8, 4) is 0 Å². The third-order valence-electron chi connectivity index (χ3n) is 3.85. The Morgan fingerprint density at radius 1 is 0.783 bits per heavy atom. The molecule has 2 aromatic rings. The van der Waals surface area contributed by atoms with Crippen molar-refractivity contribution in [2.75, 3.05) is 0 Å². The van der Waals surface area contributed by atoms with Crippen molar-refractivity contribution >= 4 is 23.7 Å². The molecule has 6 heteroatoms. The van der Waals surface area contributed by atoms with Crippen molar-refractivity contribution in [1.29, 1.82) is 0 Å². The highest BCUT2D eigenvalue weighted by molar-refractivity contribution is 6.17. The largest absolute Gasteiger partial charge is 0.457 e. The van der Waals surface area contributed by atoms with Gasteiger partial charge in [0.05, 0.1) is 16.7 Å². The monoisotopic (exact) mass is 308 g/mol. The number of fused-ring (bicyclic) bond motifs is 2.